The van der Waals surface area contributed by atoms with Gasteiger partial charge in [-0.1, -0.05) is 22.9 Å². The third-order valence-corrected chi connectivity index (χ3v) is 4.39. The van der Waals surface area contributed by atoms with Crippen LogP contribution in [0.25, 0.3) is 5.69 Å². The van der Waals surface area contributed by atoms with Crippen LogP contribution in [0.4, 0.5) is 5.69 Å². The Kier molecular flexibility index (Phi) is 6.04. The standard InChI is InChI=1S/C21H22N4O4/c1-13-5-8-16(9-6-13)25-18(12-28-3)20(23-24-25)21(27)22-17-11-15(14(2)26)7-10-19(17)29-4/h5-11H,12H2,1-4H3,(H,22,27). The van der Waals surface area contributed by atoms with Crippen LogP contribution in [-0.4, -0.2) is 40.9 Å². The predicted molar refractivity (Wildman–Crippen MR) is 108 cm³/mol. The molecule has 2 aromatic carbocycles. The number of ketones is 1. The number of hydrogen-bond donors (Lipinski definition) is 1. The molecule has 3 rings (SSSR count). The Balaban J connectivity index is 1.97. The van der Waals surface area contributed by atoms with E-state index in [2.05, 4.69) is 15.6 Å². The van der Waals surface area contributed by atoms with E-state index in [9.17, 15) is 9.59 Å². The largest absolute Gasteiger partial charge is 0.495 e. The first-order valence-electron chi connectivity index (χ1n) is 8.95. The van der Waals surface area contributed by atoms with Crippen LogP contribution in [0.5, 0.6) is 5.75 Å². The van der Waals surface area contributed by atoms with E-state index in [1.807, 2.05) is 31.2 Å². The summed E-state index contributed by atoms with van der Waals surface area (Å²) >= 11 is 0. The average Bonchev–Trinajstić information content (AvgIpc) is 3.12. The molecule has 0 atom stereocenters. The van der Waals surface area contributed by atoms with Crippen molar-refractivity contribution < 1.29 is 19.1 Å². The fourth-order valence-electron chi connectivity index (χ4n) is 2.84. The van der Waals surface area contributed by atoms with E-state index in [-0.39, 0.29) is 18.1 Å². The number of nitrogens with zero attached hydrogens (tertiary/aromatic N) is 3. The highest BCUT2D eigenvalue weighted by Gasteiger charge is 2.22. The molecule has 3 aromatic rings. The smallest absolute Gasteiger partial charge is 0.278 e. The van der Waals surface area contributed by atoms with Crippen molar-refractivity contribution in [3.63, 3.8) is 0 Å². The second-order valence-electron chi connectivity index (χ2n) is 6.49. The molecule has 0 aliphatic heterocycles. The monoisotopic (exact) mass is 394 g/mol. The number of nitrogens with one attached hydrogen (secondary N) is 1. The topological polar surface area (TPSA) is 95.3 Å². The van der Waals surface area contributed by atoms with Crippen LogP contribution in [0.15, 0.2) is 42.5 Å². The molecule has 1 amide bonds. The first-order chi connectivity index (χ1) is 13.9. The van der Waals surface area contributed by atoms with E-state index >= 15 is 0 Å². The summed E-state index contributed by atoms with van der Waals surface area (Å²) in [5, 5.41) is 10.9. The SMILES string of the molecule is COCc1c(C(=O)Nc2cc(C(C)=O)ccc2OC)nnn1-c1ccc(C)cc1. The van der Waals surface area contributed by atoms with Gasteiger partial charge in [0.2, 0.25) is 0 Å². The van der Waals surface area contributed by atoms with Gasteiger partial charge in [-0.15, -0.1) is 5.10 Å². The van der Waals surface area contributed by atoms with Gasteiger partial charge in [0, 0.05) is 12.7 Å². The number of aryl methyl sites for hydroxylation is 1. The highest BCUT2D eigenvalue weighted by molar-refractivity contribution is 6.05. The number of anilines is 1. The first-order valence-corrected chi connectivity index (χ1v) is 8.95. The van der Waals surface area contributed by atoms with Crippen LogP contribution in [0, 0.1) is 6.92 Å². The Morgan fingerprint density at radius 1 is 1.10 bits per heavy atom. The molecule has 150 valence electrons. The van der Waals surface area contributed by atoms with Gasteiger partial charge in [-0.3, -0.25) is 9.59 Å². The third-order valence-electron chi connectivity index (χ3n) is 4.39. The zero-order valence-corrected chi connectivity index (χ0v) is 16.7. The minimum absolute atomic E-state index is 0.117. The van der Waals surface area contributed by atoms with Crippen molar-refractivity contribution in [2.45, 2.75) is 20.5 Å². The van der Waals surface area contributed by atoms with Crippen LogP contribution >= 0.6 is 0 Å². The molecular weight excluding hydrogens is 372 g/mol. The number of Topliss-reactive ketones (excluding diaryl/α,β-unsaturated/α-hetero) is 1. The molecule has 0 spiro atoms. The minimum atomic E-state index is -0.477. The van der Waals surface area contributed by atoms with Crippen LogP contribution < -0.4 is 10.1 Å². The summed E-state index contributed by atoms with van der Waals surface area (Å²) in [5.41, 5.74) is 3.35. The van der Waals surface area contributed by atoms with Gasteiger partial charge in [0.15, 0.2) is 11.5 Å². The van der Waals surface area contributed by atoms with Gasteiger partial charge in [0.25, 0.3) is 5.91 Å². The maximum absolute atomic E-state index is 12.9. The number of hydrogen-bond acceptors (Lipinski definition) is 6. The summed E-state index contributed by atoms with van der Waals surface area (Å²) in [6.07, 6.45) is 0. The molecule has 8 heteroatoms. The van der Waals surface area contributed by atoms with Crippen molar-refractivity contribution in [2.24, 2.45) is 0 Å². The Labute approximate surface area is 168 Å². The number of amides is 1. The van der Waals surface area contributed by atoms with Gasteiger partial charge >= 0.3 is 0 Å². The van der Waals surface area contributed by atoms with E-state index in [1.165, 1.54) is 21.1 Å². The second-order valence-corrected chi connectivity index (χ2v) is 6.49. The number of methoxy groups -OCH3 is 2. The molecule has 1 N–H and O–H groups in total. The molecule has 0 saturated carbocycles. The fraction of sp³-hybridized carbons (Fsp3) is 0.238. The minimum Gasteiger partial charge on any atom is -0.495 e. The number of ether oxygens (including phenoxy) is 2. The molecule has 0 fully saturated rings. The lowest BCUT2D eigenvalue weighted by atomic mass is 10.1. The number of carbonyl (C=O) groups is 2. The zero-order valence-electron chi connectivity index (χ0n) is 16.7. The summed E-state index contributed by atoms with van der Waals surface area (Å²) in [6.45, 7) is 3.59. The number of aromatic nitrogens is 3. The molecule has 0 bridgehead atoms. The van der Waals surface area contributed by atoms with E-state index in [0.29, 0.717) is 22.7 Å². The van der Waals surface area contributed by atoms with E-state index in [0.717, 1.165) is 11.3 Å². The van der Waals surface area contributed by atoms with Crippen molar-refractivity contribution >= 4 is 17.4 Å². The maximum atomic E-state index is 12.9. The van der Waals surface area contributed by atoms with Crippen molar-refractivity contribution in [3.8, 4) is 11.4 Å². The van der Waals surface area contributed by atoms with Gasteiger partial charge in [0.05, 0.1) is 25.1 Å². The van der Waals surface area contributed by atoms with Gasteiger partial charge in [-0.2, -0.15) is 0 Å². The number of rotatable bonds is 7. The fourth-order valence-corrected chi connectivity index (χ4v) is 2.84. The molecule has 0 saturated heterocycles. The van der Waals surface area contributed by atoms with Gasteiger partial charge in [0.1, 0.15) is 11.4 Å². The van der Waals surface area contributed by atoms with E-state index in [1.54, 1.807) is 22.9 Å². The normalized spacial score (nSPS) is 10.6. The van der Waals surface area contributed by atoms with Crippen LogP contribution in [0.2, 0.25) is 0 Å². The molecule has 0 aliphatic rings. The molecule has 8 nitrogen and oxygen atoms in total. The number of carbonyl (C=O) groups excluding carboxylic acids is 2. The summed E-state index contributed by atoms with van der Waals surface area (Å²) in [4.78, 5) is 24.6. The van der Waals surface area contributed by atoms with Crippen molar-refractivity contribution in [2.75, 3.05) is 19.5 Å². The molecule has 0 aliphatic carbocycles. The third kappa shape index (κ3) is 4.33. The Morgan fingerprint density at radius 2 is 1.83 bits per heavy atom. The summed E-state index contributed by atoms with van der Waals surface area (Å²) < 4.78 is 12.1. The first kappa shape index (κ1) is 20.2. The van der Waals surface area contributed by atoms with E-state index in [4.69, 9.17) is 9.47 Å². The molecule has 29 heavy (non-hydrogen) atoms. The summed E-state index contributed by atoms with van der Waals surface area (Å²) in [7, 11) is 3.02. The van der Waals surface area contributed by atoms with Crippen molar-refractivity contribution in [1.82, 2.24) is 15.0 Å². The summed E-state index contributed by atoms with van der Waals surface area (Å²) in [5.74, 6) is -0.162. The Hall–Kier alpha value is -3.52. The van der Waals surface area contributed by atoms with Crippen LogP contribution in [0.3, 0.4) is 0 Å². The molecular formula is C21H22N4O4. The highest BCUT2D eigenvalue weighted by Crippen LogP contribution is 2.27. The molecule has 1 aromatic heterocycles. The molecule has 1 heterocycles. The van der Waals surface area contributed by atoms with Crippen molar-refractivity contribution in [3.05, 3.63) is 65.0 Å². The highest BCUT2D eigenvalue weighted by atomic mass is 16.5. The average molecular weight is 394 g/mol. The van der Waals surface area contributed by atoms with Crippen LogP contribution in [0.1, 0.15) is 39.0 Å². The van der Waals surface area contributed by atoms with Gasteiger partial charge in [-0.05, 0) is 44.2 Å². The Bertz CT molecular complexity index is 1040. The van der Waals surface area contributed by atoms with Gasteiger partial charge < -0.3 is 14.8 Å². The zero-order chi connectivity index (χ0) is 21.0. The Morgan fingerprint density at radius 3 is 2.45 bits per heavy atom. The lowest BCUT2D eigenvalue weighted by Crippen LogP contribution is -2.17. The maximum Gasteiger partial charge on any atom is 0.278 e. The predicted octanol–water partition coefficient (Wildman–Crippen LogP) is 3.19. The lowest BCUT2D eigenvalue weighted by Gasteiger charge is -2.11. The van der Waals surface area contributed by atoms with Crippen LogP contribution in [-0.2, 0) is 11.3 Å². The second kappa shape index (κ2) is 8.66. The van der Waals surface area contributed by atoms with Crippen molar-refractivity contribution in [1.29, 1.82) is 0 Å². The molecule has 0 radical (unpaired) electrons. The lowest BCUT2D eigenvalue weighted by molar-refractivity contribution is 0.100. The van der Waals surface area contributed by atoms with E-state index < -0.39 is 5.91 Å². The molecule has 0 unspecified atom stereocenters. The quantitative estimate of drug-likeness (QED) is 0.619. The van der Waals surface area contributed by atoms with Gasteiger partial charge in [-0.25, -0.2) is 4.68 Å². The number of benzene rings is 2. The summed E-state index contributed by atoms with van der Waals surface area (Å²) in [6, 6.07) is 12.5.